The lowest BCUT2D eigenvalue weighted by Crippen LogP contribution is -2.31. The minimum absolute atomic E-state index is 0. The van der Waals surface area contributed by atoms with Crippen molar-refractivity contribution < 1.29 is 9.53 Å². The summed E-state index contributed by atoms with van der Waals surface area (Å²) in [5.41, 5.74) is 1.01. The number of rotatable bonds is 5. The van der Waals surface area contributed by atoms with Gasteiger partial charge >= 0.3 is 0 Å². The predicted molar refractivity (Wildman–Crippen MR) is 77.9 cm³/mol. The quantitative estimate of drug-likeness (QED) is 0.859. The van der Waals surface area contributed by atoms with Crippen molar-refractivity contribution in [3.63, 3.8) is 0 Å². The minimum atomic E-state index is 0. The molecule has 1 amide bonds. The molecule has 0 bridgehead atoms. The van der Waals surface area contributed by atoms with Gasteiger partial charge in [-0.15, -0.1) is 12.4 Å². The summed E-state index contributed by atoms with van der Waals surface area (Å²) in [6.45, 7) is 2.86. The van der Waals surface area contributed by atoms with E-state index < -0.39 is 0 Å². The van der Waals surface area contributed by atoms with Crippen LogP contribution < -0.4 is 15.4 Å². The molecule has 1 unspecified atom stereocenters. The lowest BCUT2D eigenvalue weighted by molar-refractivity contribution is -0.120. The van der Waals surface area contributed by atoms with Gasteiger partial charge in [0.25, 0.3) is 0 Å². The first kappa shape index (κ1) is 15.8. The Bertz CT molecular complexity index is 389. The fraction of sp³-hybridized carbons (Fsp3) is 0.500. The van der Waals surface area contributed by atoms with Crippen LogP contribution in [0.1, 0.15) is 12.0 Å². The molecular weight excluding hydrogens is 264 g/mol. The van der Waals surface area contributed by atoms with Gasteiger partial charge in [-0.3, -0.25) is 4.79 Å². The van der Waals surface area contributed by atoms with Crippen LogP contribution in [0.15, 0.2) is 24.3 Å². The van der Waals surface area contributed by atoms with Crippen LogP contribution in [-0.2, 0) is 11.2 Å². The molecule has 1 heterocycles. The molecule has 0 saturated carbocycles. The average Bonchev–Trinajstić information content (AvgIpc) is 2.90. The fourth-order valence-corrected chi connectivity index (χ4v) is 2.14. The second-order valence-electron chi connectivity index (χ2n) is 4.69. The highest BCUT2D eigenvalue weighted by Crippen LogP contribution is 2.11. The van der Waals surface area contributed by atoms with Gasteiger partial charge in [-0.25, -0.2) is 0 Å². The van der Waals surface area contributed by atoms with E-state index in [9.17, 15) is 4.79 Å². The van der Waals surface area contributed by atoms with Crippen molar-refractivity contribution in [2.24, 2.45) is 5.92 Å². The van der Waals surface area contributed by atoms with E-state index in [1.807, 2.05) is 24.3 Å². The van der Waals surface area contributed by atoms with Crippen molar-refractivity contribution in [1.82, 2.24) is 10.6 Å². The van der Waals surface area contributed by atoms with Gasteiger partial charge in [0.15, 0.2) is 0 Å². The summed E-state index contributed by atoms with van der Waals surface area (Å²) in [5.74, 6) is 1.49. The van der Waals surface area contributed by atoms with Crippen LogP contribution in [0.3, 0.4) is 0 Å². The molecule has 4 nitrogen and oxygen atoms in total. The molecule has 1 aliphatic rings. The van der Waals surface area contributed by atoms with E-state index in [0.29, 0.717) is 12.3 Å². The predicted octanol–water partition coefficient (Wildman–Crippen LogP) is 1.39. The molecule has 1 aromatic rings. The van der Waals surface area contributed by atoms with E-state index in [4.69, 9.17) is 4.74 Å². The second kappa shape index (κ2) is 8.02. The molecule has 1 fully saturated rings. The summed E-state index contributed by atoms with van der Waals surface area (Å²) in [6.07, 6.45) is 1.59. The Morgan fingerprint density at radius 3 is 2.74 bits per heavy atom. The standard InChI is InChI=1S/C14H20N2O2.ClH/c1-18-13-4-2-11(3-5-13)8-14(17)16-10-12-6-7-15-9-12;/h2-5,12,15H,6-10H2,1H3,(H,16,17);1H. The zero-order valence-corrected chi connectivity index (χ0v) is 12.0. The van der Waals surface area contributed by atoms with E-state index in [1.54, 1.807) is 7.11 Å². The Kier molecular flexibility index (Phi) is 6.67. The number of nitrogens with one attached hydrogen (secondary N) is 2. The molecular formula is C14H21ClN2O2. The van der Waals surface area contributed by atoms with Gasteiger partial charge in [0.05, 0.1) is 13.5 Å². The van der Waals surface area contributed by atoms with Crippen LogP contribution in [0, 0.1) is 5.92 Å². The molecule has 106 valence electrons. The maximum atomic E-state index is 11.8. The fourth-order valence-electron chi connectivity index (χ4n) is 2.14. The first-order chi connectivity index (χ1) is 8.78. The molecule has 0 spiro atoms. The van der Waals surface area contributed by atoms with E-state index in [0.717, 1.165) is 37.4 Å². The third-order valence-corrected chi connectivity index (χ3v) is 3.27. The average molecular weight is 285 g/mol. The molecule has 1 atom stereocenters. The second-order valence-corrected chi connectivity index (χ2v) is 4.69. The summed E-state index contributed by atoms with van der Waals surface area (Å²) in [5, 5.41) is 6.28. The molecule has 5 heteroatoms. The Morgan fingerprint density at radius 1 is 1.42 bits per heavy atom. The summed E-state index contributed by atoms with van der Waals surface area (Å²) in [7, 11) is 1.64. The summed E-state index contributed by atoms with van der Waals surface area (Å²) < 4.78 is 5.08. The van der Waals surface area contributed by atoms with Crippen LogP contribution in [0.5, 0.6) is 5.75 Å². The summed E-state index contributed by atoms with van der Waals surface area (Å²) >= 11 is 0. The van der Waals surface area contributed by atoms with Crippen molar-refractivity contribution in [3.05, 3.63) is 29.8 Å². The highest BCUT2D eigenvalue weighted by molar-refractivity contribution is 5.85. The first-order valence-corrected chi connectivity index (χ1v) is 6.38. The lowest BCUT2D eigenvalue weighted by atomic mass is 10.1. The molecule has 0 aliphatic carbocycles. The topological polar surface area (TPSA) is 50.4 Å². The van der Waals surface area contributed by atoms with Gasteiger partial charge in [0, 0.05) is 6.54 Å². The first-order valence-electron chi connectivity index (χ1n) is 6.38. The van der Waals surface area contributed by atoms with Crippen molar-refractivity contribution in [2.45, 2.75) is 12.8 Å². The van der Waals surface area contributed by atoms with Crippen LogP contribution in [0.4, 0.5) is 0 Å². The number of hydrogen-bond acceptors (Lipinski definition) is 3. The van der Waals surface area contributed by atoms with Crippen LogP contribution in [0.25, 0.3) is 0 Å². The molecule has 2 N–H and O–H groups in total. The highest BCUT2D eigenvalue weighted by atomic mass is 35.5. The van der Waals surface area contributed by atoms with Crippen molar-refractivity contribution in [2.75, 3.05) is 26.7 Å². The van der Waals surface area contributed by atoms with Gasteiger partial charge in [-0.05, 0) is 43.1 Å². The summed E-state index contributed by atoms with van der Waals surface area (Å²) in [4.78, 5) is 11.8. The largest absolute Gasteiger partial charge is 0.497 e. The monoisotopic (exact) mass is 284 g/mol. The molecule has 1 saturated heterocycles. The normalized spacial score (nSPS) is 17.6. The minimum Gasteiger partial charge on any atom is -0.497 e. The molecule has 2 rings (SSSR count). The van der Waals surface area contributed by atoms with Gasteiger partial charge in [0.2, 0.25) is 5.91 Å². The molecule has 0 radical (unpaired) electrons. The van der Waals surface area contributed by atoms with E-state index in [-0.39, 0.29) is 18.3 Å². The van der Waals surface area contributed by atoms with Gasteiger partial charge in [-0.1, -0.05) is 12.1 Å². The number of benzene rings is 1. The van der Waals surface area contributed by atoms with E-state index in [1.165, 1.54) is 0 Å². The molecule has 19 heavy (non-hydrogen) atoms. The Morgan fingerprint density at radius 2 is 2.16 bits per heavy atom. The van der Waals surface area contributed by atoms with Crippen LogP contribution >= 0.6 is 12.4 Å². The maximum absolute atomic E-state index is 11.8. The highest BCUT2D eigenvalue weighted by Gasteiger charge is 2.15. The lowest BCUT2D eigenvalue weighted by Gasteiger charge is -2.10. The van der Waals surface area contributed by atoms with Crippen LogP contribution in [0.2, 0.25) is 0 Å². The Balaban J connectivity index is 0.00000180. The number of methoxy groups -OCH3 is 1. The zero-order chi connectivity index (χ0) is 12.8. The Labute approximate surface area is 120 Å². The third-order valence-electron chi connectivity index (χ3n) is 3.27. The van der Waals surface area contributed by atoms with Crippen molar-refractivity contribution >= 4 is 18.3 Å². The number of halogens is 1. The van der Waals surface area contributed by atoms with Gasteiger partial charge < -0.3 is 15.4 Å². The number of carbonyl (C=O) groups is 1. The van der Waals surface area contributed by atoms with Crippen LogP contribution in [-0.4, -0.2) is 32.7 Å². The zero-order valence-electron chi connectivity index (χ0n) is 11.1. The van der Waals surface area contributed by atoms with Gasteiger partial charge in [-0.2, -0.15) is 0 Å². The van der Waals surface area contributed by atoms with E-state index >= 15 is 0 Å². The molecule has 1 aromatic carbocycles. The molecule has 1 aliphatic heterocycles. The number of ether oxygens (including phenoxy) is 1. The maximum Gasteiger partial charge on any atom is 0.224 e. The van der Waals surface area contributed by atoms with Gasteiger partial charge in [0.1, 0.15) is 5.75 Å². The number of carbonyl (C=O) groups excluding carboxylic acids is 1. The smallest absolute Gasteiger partial charge is 0.224 e. The van der Waals surface area contributed by atoms with E-state index in [2.05, 4.69) is 10.6 Å². The number of amides is 1. The van der Waals surface area contributed by atoms with Crippen molar-refractivity contribution in [1.29, 1.82) is 0 Å². The Hall–Kier alpha value is -1.26. The summed E-state index contributed by atoms with van der Waals surface area (Å²) in [6, 6.07) is 7.61. The SMILES string of the molecule is COc1ccc(CC(=O)NCC2CCNC2)cc1.Cl. The third kappa shape index (κ3) is 5.09. The van der Waals surface area contributed by atoms with Crippen molar-refractivity contribution in [3.8, 4) is 5.75 Å². The number of hydrogen-bond donors (Lipinski definition) is 2. The molecule has 0 aromatic heterocycles.